The highest BCUT2D eigenvalue weighted by Crippen LogP contribution is 2.27. The van der Waals surface area contributed by atoms with Crippen LogP contribution in [0, 0.1) is 5.82 Å². The first-order valence-electron chi connectivity index (χ1n) is 5.19. The van der Waals surface area contributed by atoms with Gasteiger partial charge in [0.15, 0.2) is 0 Å². The summed E-state index contributed by atoms with van der Waals surface area (Å²) in [5.41, 5.74) is 1.33. The summed E-state index contributed by atoms with van der Waals surface area (Å²) in [6, 6.07) is 8.03. The Labute approximate surface area is 104 Å². The third-order valence-corrected chi connectivity index (χ3v) is 2.92. The van der Waals surface area contributed by atoms with Crippen molar-refractivity contribution >= 4 is 11.6 Å². The Balaban J connectivity index is 2.20. The van der Waals surface area contributed by atoms with Crippen LogP contribution in [0.4, 0.5) is 4.39 Å². The first-order valence-corrected chi connectivity index (χ1v) is 5.57. The zero-order chi connectivity index (χ0) is 12.3. The molecule has 1 heterocycles. The van der Waals surface area contributed by atoms with E-state index >= 15 is 0 Å². The van der Waals surface area contributed by atoms with Gasteiger partial charge >= 0.3 is 0 Å². The first-order chi connectivity index (χ1) is 8.18. The van der Waals surface area contributed by atoms with Gasteiger partial charge in [0.2, 0.25) is 0 Å². The van der Waals surface area contributed by atoms with E-state index in [1.54, 1.807) is 30.6 Å². The molecule has 2 nitrogen and oxygen atoms in total. The molecule has 0 aliphatic rings. The van der Waals surface area contributed by atoms with Crippen LogP contribution in [0.3, 0.4) is 0 Å². The van der Waals surface area contributed by atoms with Gasteiger partial charge in [0.05, 0.1) is 11.1 Å². The second kappa shape index (κ2) is 5.25. The Morgan fingerprint density at radius 3 is 2.65 bits per heavy atom. The Hall–Kier alpha value is -1.45. The second-order valence-corrected chi connectivity index (χ2v) is 4.10. The predicted molar refractivity (Wildman–Crippen MR) is 64.3 cm³/mol. The van der Waals surface area contributed by atoms with Gasteiger partial charge in [0, 0.05) is 24.4 Å². The lowest BCUT2D eigenvalue weighted by Gasteiger charge is -2.12. The second-order valence-electron chi connectivity index (χ2n) is 3.72. The number of nitrogens with zero attached hydrogens (tertiary/aromatic N) is 1. The summed E-state index contributed by atoms with van der Waals surface area (Å²) in [5.74, 6) is -0.516. The van der Waals surface area contributed by atoms with Crippen LogP contribution in [0.1, 0.15) is 17.2 Å². The molecule has 0 fully saturated rings. The minimum Gasteiger partial charge on any atom is -0.388 e. The molecular weight excluding hydrogens is 241 g/mol. The number of aliphatic hydroxyl groups excluding tert-OH is 1. The van der Waals surface area contributed by atoms with E-state index in [1.807, 2.05) is 0 Å². The van der Waals surface area contributed by atoms with Crippen molar-refractivity contribution in [2.75, 3.05) is 0 Å². The first kappa shape index (κ1) is 12.0. The van der Waals surface area contributed by atoms with E-state index in [0.29, 0.717) is 12.0 Å². The Bertz CT molecular complexity index is 504. The summed E-state index contributed by atoms with van der Waals surface area (Å²) in [7, 11) is 0. The Kier molecular flexibility index (Phi) is 3.71. The molecular formula is C13H11ClFNO. The van der Waals surface area contributed by atoms with Crippen molar-refractivity contribution in [3.05, 3.63) is 64.7 Å². The number of halogens is 2. The van der Waals surface area contributed by atoms with Crippen LogP contribution in [-0.2, 0) is 6.42 Å². The van der Waals surface area contributed by atoms with Gasteiger partial charge in [-0.1, -0.05) is 23.7 Å². The molecule has 0 radical (unpaired) electrons. The quantitative estimate of drug-likeness (QED) is 0.909. The Morgan fingerprint density at radius 1 is 1.24 bits per heavy atom. The maximum atomic E-state index is 13.2. The van der Waals surface area contributed by atoms with Crippen LogP contribution in [-0.4, -0.2) is 10.1 Å². The highest BCUT2D eigenvalue weighted by Gasteiger charge is 2.14. The van der Waals surface area contributed by atoms with Crippen molar-refractivity contribution in [3.8, 4) is 0 Å². The summed E-state index contributed by atoms with van der Waals surface area (Å²) in [5, 5.41) is 9.99. The van der Waals surface area contributed by atoms with Crippen LogP contribution < -0.4 is 0 Å². The third kappa shape index (κ3) is 2.81. The fourth-order valence-corrected chi connectivity index (χ4v) is 1.88. The largest absolute Gasteiger partial charge is 0.388 e. The molecule has 2 rings (SSSR count). The molecule has 0 saturated carbocycles. The van der Waals surface area contributed by atoms with Crippen LogP contribution in [0.15, 0.2) is 42.7 Å². The minimum atomic E-state index is -0.819. The summed E-state index contributed by atoms with van der Waals surface area (Å²) < 4.78 is 13.2. The molecule has 17 heavy (non-hydrogen) atoms. The van der Waals surface area contributed by atoms with E-state index in [4.69, 9.17) is 11.6 Å². The van der Waals surface area contributed by atoms with E-state index in [2.05, 4.69) is 4.98 Å². The lowest BCUT2D eigenvalue weighted by Crippen LogP contribution is -2.03. The van der Waals surface area contributed by atoms with Crippen molar-refractivity contribution in [1.82, 2.24) is 4.98 Å². The molecule has 1 unspecified atom stereocenters. The lowest BCUT2D eigenvalue weighted by molar-refractivity contribution is 0.178. The number of aromatic nitrogens is 1. The molecule has 0 amide bonds. The maximum Gasteiger partial charge on any atom is 0.142 e. The van der Waals surface area contributed by atoms with Crippen LogP contribution in [0.25, 0.3) is 0 Å². The zero-order valence-corrected chi connectivity index (χ0v) is 9.73. The van der Waals surface area contributed by atoms with Crippen LogP contribution in [0.5, 0.6) is 0 Å². The molecule has 88 valence electrons. The van der Waals surface area contributed by atoms with E-state index in [9.17, 15) is 9.50 Å². The lowest BCUT2D eigenvalue weighted by atomic mass is 10.0. The number of pyridine rings is 1. The molecule has 1 aromatic heterocycles. The van der Waals surface area contributed by atoms with Crippen LogP contribution >= 0.6 is 11.6 Å². The van der Waals surface area contributed by atoms with Gasteiger partial charge in [0.25, 0.3) is 0 Å². The van der Waals surface area contributed by atoms with Crippen molar-refractivity contribution in [1.29, 1.82) is 0 Å². The molecule has 0 saturated heterocycles. The minimum absolute atomic E-state index is 0.0194. The molecule has 1 aromatic carbocycles. The number of hydrogen-bond donors (Lipinski definition) is 1. The molecule has 0 aliphatic heterocycles. The summed E-state index contributed by atoms with van der Waals surface area (Å²) in [6.07, 6.45) is 2.86. The standard InChI is InChI=1S/C13H11ClFNO/c14-13-10(2-1-3-11(13)15)12(17)8-9-4-6-16-7-5-9/h1-7,12,17H,8H2. The highest BCUT2D eigenvalue weighted by atomic mass is 35.5. The molecule has 0 spiro atoms. The third-order valence-electron chi connectivity index (χ3n) is 2.52. The van der Waals surface area contributed by atoms with E-state index < -0.39 is 11.9 Å². The molecule has 0 aliphatic carbocycles. The van der Waals surface area contributed by atoms with Gasteiger partial charge in [-0.05, 0) is 23.8 Å². The van der Waals surface area contributed by atoms with Crippen molar-refractivity contribution in [2.45, 2.75) is 12.5 Å². The molecule has 4 heteroatoms. The van der Waals surface area contributed by atoms with Crippen molar-refractivity contribution in [3.63, 3.8) is 0 Å². The van der Waals surface area contributed by atoms with Crippen LogP contribution in [0.2, 0.25) is 5.02 Å². The van der Waals surface area contributed by atoms with E-state index in [0.717, 1.165) is 5.56 Å². The zero-order valence-electron chi connectivity index (χ0n) is 8.98. The van der Waals surface area contributed by atoms with E-state index in [-0.39, 0.29) is 5.02 Å². The van der Waals surface area contributed by atoms with Crippen molar-refractivity contribution < 1.29 is 9.50 Å². The smallest absolute Gasteiger partial charge is 0.142 e. The topological polar surface area (TPSA) is 33.1 Å². The summed E-state index contributed by atoms with van der Waals surface area (Å²) in [4.78, 5) is 3.89. The number of aliphatic hydroxyl groups is 1. The van der Waals surface area contributed by atoms with Gasteiger partial charge in [-0.25, -0.2) is 4.39 Å². The normalized spacial score (nSPS) is 12.4. The average Bonchev–Trinajstić information content (AvgIpc) is 2.34. The number of hydrogen-bond acceptors (Lipinski definition) is 2. The van der Waals surface area contributed by atoms with E-state index in [1.165, 1.54) is 12.1 Å². The number of rotatable bonds is 3. The summed E-state index contributed by atoms with van der Waals surface area (Å²) in [6.45, 7) is 0. The van der Waals surface area contributed by atoms with Gasteiger partial charge in [-0.15, -0.1) is 0 Å². The SMILES string of the molecule is OC(Cc1ccncc1)c1cccc(F)c1Cl. The van der Waals surface area contributed by atoms with Gasteiger partial charge in [-0.2, -0.15) is 0 Å². The van der Waals surface area contributed by atoms with Crippen molar-refractivity contribution in [2.24, 2.45) is 0 Å². The van der Waals surface area contributed by atoms with Gasteiger partial charge in [0.1, 0.15) is 5.82 Å². The van der Waals surface area contributed by atoms with Gasteiger partial charge < -0.3 is 5.11 Å². The number of benzene rings is 1. The van der Waals surface area contributed by atoms with Gasteiger partial charge in [-0.3, -0.25) is 4.98 Å². The predicted octanol–water partition coefficient (Wildman–Crippen LogP) is 3.15. The molecule has 0 bridgehead atoms. The summed E-state index contributed by atoms with van der Waals surface area (Å²) >= 11 is 5.81. The fourth-order valence-electron chi connectivity index (χ4n) is 1.63. The highest BCUT2D eigenvalue weighted by molar-refractivity contribution is 6.31. The average molecular weight is 252 g/mol. The maximum absolute atomic E-state index is 13.2. The monoisotopic (exact) mass is 251 g/mol. The Morgan fingerprint density at radius 2 is 1.94 bits per heavy atom. The molecule has 1 atom stereocenters. The molecule has 2 aromatic rings. The fraction of sp³-hybridized carbons (Fsp3) is 0.154. The molecule has 1 N–H and O–H groups in total.